The van der Waals surface area contributed by atoms with Gasteiger partial charge < -0.3 is 13.9 Å². The molecule has 2 aromatic rings. The van der Waals surface area contributed by atoms with Crippen LogP contribution in [0, 0.1) is 0 Å². The van der Waals surface area contributed by atoms with E-state index in [-0.39, 0.29) is 17.9 Å². The number of amides is 2. The Balaban J connectivity index is 1.87. The molecule has 2 amide bonds. The maximum atomic E-state index is 13.2. The van der Waals surface area contributed by atoms with Crippen molar-refractivity contribution in [2.45, 2.75) is 32.1 Å². The maximum Gasteiger partial charge on any atom is 0.267 e. The lowest BCUT2D eigenvalue weighted by Gasteiger charge is -2.16. The Kier molecular flexibility index (Phi) is 7.17. The minimum atomic E-state index is -0.300. The number of rotatable bonds is 10. The number of carbonyl (C=O) groups is 2. The number of carbonyl (C=O) groups excluding carboxylic acids is 2. The largest absolute Gasteiger partial charge is 0.496 e. The molecule has 3 rings (SSSR count). The topological polar surface area (TPSA) is 69.0 Å². The van der Waals surface area contributed by atoms with E-state index in [1.165, 1.54) is 16.7 Å². The predicted octanol–water partition coefficient (Wildman–Crippen LogP) is 4.12. The fraction of sp³-hybridized carbons (Fsp3) is 0.364. The molecule has 7 heteroatoms. The van der Waals surface area contributed by atoms with E-state index in [1.54, 1.807) is 31.6 Å². The highest BCUT2D eigenvalue weighted by Crippen LogP contribution is 2.40. The lowest BCUT2D eigenvalue weighted by molar-refractivity contribution is -0.136. The van der Waals surface area contributed by atoms with Gasteiger partial charge in [-0.25, -0.2) is 0 Å². The summed E-state index contributed by atoms with van der Waals surface area (Å²) >= 11 is 1.31. The third-order valence-corrected chi connectivity index (χ3v) is 5.51. The SMILES string of the molecule is COc1ccccc1C1=C(SCc2ccco2)C(=O)N(CCCOC(C)C)C1=O. The number of thioether (sulfide) groups is 1. The Morgan fingerprint density at radius 2 is 1.90 bits per heavy atom. The summed E-state index contributed by atoms with van der Waals surface area (Å²) in [7, 11) is 1.55. The smallest absolute Gasteiger partial charge is 0.267 e. The van der Waals surface area contributed by atoms with E-state index < -0.39 is 0 Å². The Bertz CT molecular complexity index is 888. The first-order valence-corrected chi connectivity index (χ1v) is 10.5. The van der Waals surface area contributed by atoms with E-state index in [9.17, 15) is 9.59 Å². The second kappa shape index (κ2) is 9.80. The predicted molar refractivity (Wildman–Crippen MR) is 112 cm³/mol. The summed E-state index contributed by atoms with van der Waals surface area (Å²) in [6, 6.07) is 10.9. The molecular weight excluding hydrogens is 390 g/mol. The van der Waals surface area contributed by atoms with Crippen LogP contribution in [0.15, 0.2) is 52.0 Å². The summed E-state index contributed by atoms with van der Waals surface area (Å²) < 4.78 is 16.4. The summed E-state index contributed by atoms with van der Waals surface area (Å²) in [6.45, 7) is 4.72. The minimum Gasteiger partial charge on any atom is -0.496 e. The number of hydrogen-bond acceptors (Lipinski definition) is 6. The van der Waals surface area contributed by atoms with Crippen molar-refractivity contribution < 1.29 is 23.5 Å². The van der Waals surface area contributed by atoms with Gasteiger partial charge in [-0.15, -0.1) is 11.8 Å². The Morgan fingerprint density at radius 3 is 2.59 bits per heavy atom. The normalized spacial score (nSPS) is 14.4. The molecule has 1 aromatic heterocycles. The number of furan rings is 1. The van der Waals surface area contributed by atoms with Crippen molar-refractivity contribution in [1.82, 2.24) is 4.90 Å². The first-order chi connectivity index (χ1) is 14.0. The van der Waals surface area contributed by atoms with Gasteiger partial charge in [0, 0.05) is 18.7 Å². The molecule has 1 aliphatic heterocycles. The summed E-state index contributed by atoms with van der Waals surface area (Å²) in [5, 5.41) is 0. The molecule has 0 radical (unpaired) electrons. The van der Waals surface area contributed by atoms with E-state index in [2.05, 4.69) is 0 Å². The zero-order valence-corrected chi connectivity index (χ0v) is 17.7. The second-order valence-corrected chi connectivity index (χ2v) is 7.79. The molecule has 0 bridgehead atoms. The Hall–Kier alpha value is -2.51. The molecule has 1 aromatic carbocycles. The first kappa shape index (κ1) is 21.2. The van der Waals surface area contributed by atoms with Crippen LogP contribution in [0.1, 0.15) is 31.6 Å². The van der Waals surface area contributed by atoms with E-state index in [0.29, 0.717) is 47.1 Å². The molecule has 0 unspecified atom stereocenters. The van der Waals surface area contributed by atoms with E-state index in [4.69, 9.17) is 13.9 Å². The molecular formula is C22H25NO5S. The molecule has 0 fully saturated rings. The van der Waals surface area contributed by atoms with Crippen molar-refractivity contribution in [3.8, 4) is 5.75 Å². The molecule has 2 heterocycles. The minimum absolute atomic E-state index is 0.113. The number of ether oxygens (including phenoxy) is 2. The number of nitrogens with zero attached hydrogens (tertiary/aromatic N) is 1. The van der Waals surface area contributed by atoms with Crippen molar-refractivity contribution >= 4 is 29.1 Å². The first-order valence-electron chi connectivity index (χ1n) is 9.53. The number of methoxy groups -OCH3 is 1. The van der Waals surface area contributed by atoms with Crippen LogP contribution in [0.2, 0.25) is 0 Å². The van der Waals surface area contributed by atoms with Gasteiger partial charge in [0.2, 0.25) is 0 Å². The Morgan fingerprint density at radius 1 is 1.10 bits per heavy atom. The average molecular weight is 416 g/mol. The van der Waals surface area contributed by atoms with Crippen LogP contribution in [0.5, 0.6) is 5.75 Å². The zero-order chi connectivity index (χ0) is 20.8. The quantitative estimate of drug-likeness (QED) is 0.430. The van der Waals surface area contributed by atoms with Crippen molar-refractivity contribution in [2.75, 3.05) is 20.3 Å². The van der Waals surface area contributed by atoms with Gasteiger partial charge in [-0.3, -0.25) is 14.5 Å². The van der Waals surface area contributed by atoms with Gasteiger partial charge in [-0.05, 0) is 38.5 Å². The highest BCUT2D eigenvalue weighted by atomic mass is 32.2. The van der Waals surface area contributed by atoms with Gasteiger partial charge in [-0.2, -0.15) is 0 Å². The zero-order valence-electron chi connectivity index (χ0n) is 16.8. The lowest BCUT2D eigenvalue weighted by Crippen LogP contribution is -2.33. The molecule has 6 nitrogen and oxygen atoms in total. The number of para-hydroxylation sites is 1. The van der Waals surface area contributed by atoms with Gasteiger partial charge in [0.1, 0.15) is 11.5 Å². The number of benzene rings is 1. The van der Waals surface area contributed by atoms with Gasteiger partial charge in [-0.1, -0.05) is 18.2 Å². The molecule has 0 N–H and O–H groups in total. The van der Waals surface area contributed by atoms with E-state index in [0.717, 1.165) is 5.76 Å². The fourth-order valence-electron chi connectivity index (χ4n) is 3.06. The van der Waals surface area contributed by atoms with Crippen molar-refractivity contribution in [3.05, 3.63) is 58.9 Å². The van der Waals surface area contributed by atoms with Crippen LogP contribution < -0.4 is 4.74 Å². The van der Waals surface area contributed by atoms with Gasteiger partial charge in [0.05, 0.1) is 35.7 Å². The summed E-state index contributed by atoms with van der Waals surface area (Å²) in [5.41, 5.74) is 1.00. The summed E-state index contributed by atoms with van der Waals surface area (Å²) in [6.07, 6.45) is 2.29. The van der Waals surface area contributed by atoms with Crippen LogP contribution in [0.3, 0.4) is 0 Å². The van der Waals surface area contributed by atoms with Crippen LogP contribution in [-0.4, -0.2) is 43.1 Å². The number of hydrogen-bond donors (Lipinski definition) is 0. The van der Waals surface area contributed by atoms with Gasteiger partial charge >= 0.3 is 0 Å². The molecule has 0 aliphatic carbocycles. The van der Waals surface area contributed by atoms with E-state index in [1.807, 2.05) is 32.0 Å². The molecule has 0 spiro atoms. The third kappa shape index (κ3) is 4.92. The standard InChI is InChI=1S/C22H25NO5S/c1-15(2)27-13-7-11-23-21(24)19(17-9-4-5-10-18(17)26-3)20(22(23)25)29-14-16-8-6-12-28-16/h4-6,8-10,12,15H,7,11,13-14H2,1-3H3. The Labute approximate surface area is 174 Å². The molecule has 29 heavy (non-hydrogen) atoms. The van der Waals surface area contributed by atoms with Gasteiger partial charge in [0.25, 0.3) is 11.8 Å². The van der Waals surface area contributed by atoms with Crippen LogP contribution >= 0.6 is 11.8 Å². The fourth-order valence-corrected chi connectivity index (χ4v) is 4.09. The van der Waals surface area contributed by atoms with Crippen LogP contribution in [0.4, 0.5) is 0 Å². The monoisotopic (exact) mass is 415 g/mol. The highest BCUT2D eigenvalue weighted by molar-refractivity contribution is 8.03. The number of imide groups is 1. The van der Waals surface area contributed by atoms with Crippen molar-refractivity contribution in [1.29, 1.82) is 0 Å². The second-order valence-electron chi connectivity index (χ2n) is 6.81. The van der Waals surface area contributed by atoms with Gasteiger partial charge in [0.15, 0.2) is 0 Å². The summed E-state index contributed by atoms with van der Waals surface area (Å²) in [5.74, 6) is 1.18. The molecule has 0 saturated heterocycles. The van der Waals surface area contributed by atoms with Crippen LogP contribution in [-0.2, 0) is 20.1 Å². The van der Waals surface area contributed by atoms with Crippen molar-refractivity contribution in [3.63, 3.8) is 0 Å². The molecule has 0 saturated carbocycles. The highest BCUT2D eigenvalue weighted by Gasteiger charge is 2.39. The molecule has 0 atom stereocenters. The molecule has 1 aliphatic rings. The lowest BCUT2D eigenvalue weighted by atomic mass is 10.1. The van der Waals surface area contributed by atoms with Crippen molar-refractivity contribution in [2.24, 2.45) is 0 Å². The van der Waals surface area contributed by atoms with E-state index >= 15 is 0 Å². The average Bonchev–Trinajstić information content (AvgIpc) is 3.30. The summed E-state index contributed by atoms with van der Waals surface area (Å²) in [4.78, 5) is 28.0. The van der Waals surface area contributed by atoms with Crippen LogP contribution in [0.25, 0.3) is 5.57 Å². The third-order valence-electron chi connectivity index (χ3n) is 4.42. The maximum absolute atomic E-state index is 13.2. The molecule has 154 valence electrons.